The molecule has 3 N–H and O–H groups in total. The number of halogens is 1. The van der Waals surface area contributed by atoms with Crippen LogP contribution < -0.4 is 10.6 Å². The second kappa shape index (κ2) is 8.39. The number of H-pyrrole nitrogens is 1. The minimum absolute atomic E-state index is 0.342. The van der Waals surface area contributed by atoms with Gasteiger partial charge in [0.25, 0.3) is 5.91 Å². The third kappa shape index (κ3) is 3.72. The Balaban J connectivity index is 1.36. The molecule has 1 saturated heterocycles. The topological polar surface area (TPSA) is 87.6 Å². The van der Waals surface area contributed by atoms with Crippen molar-refractivity contribution in [2.24, 2.45) is 0 Å². The van der Waals surface area contributed by atoms with Crippen molar-refractivity contribution >= 4 is 33.7 Å². The van der Waals surface area contributed by atoms with Crippen LogP contribution in [-0.2, 0) is 0 Å². The van der Waals surface area contributed by atoms with E-state index in [0.717, 1.165) is 53.5 Å². The minimum Gasteiger partial charge on any atom is -0.346 e. The molecule has 1 aliphatic heterocycles. The maximum Gasteiger partial charge on any atom is 0.257 e. The fraction of sp³-hybridized carbons (Fsp3) is 0.192. The molecular weight excluding hydrogens is 431 g/mol. The molecule has 1 atom stereocenters. The number of fused-ring (bicyclic) bond motifs is 2. The van der Waals surface area contributed by atoms with E-state index in [1.54, 1.807) is 12.1 Å². The fourth-order valence-electron chi connectivity index (χ4n) is 4.69. The molecule has 5 aromatic rings. The Labute approximate surface area is 195 Å². The van der Waals surface area contributed by atoms with Crippen molar-refractivity contribution in [1.29, 1.82) is 0 Å². The summed E-state index contributed by atoms with van der Waals surface area (Å²) in [5, 5.41) is 7.05. The summed E-state index contributed by atoms with van der Waals surface area (Å²) in [5.41, 5.74) is 5.53. The monoisotopic (exact) mass is 454 g/mol. The highest BCUT2D eigenvalue weighted by Crippen LogP contribution is 2.32. The van der Waals surface area contributed by atoms with Crippen molar-refractivity contribution in [2.45, 2.75) is 18.9 Å². The Morgan fingerprint density at radius 1 is 1.15 bits per heavy atom. The average molecular weight is 455 g/mol. The molecule has 1 fully saturated rings. The summed E-state index contributed by atoms with van der Waals surface area (Å²) in [7, 11) is 0. The van der Waals surface area contributed by atoms with Crippen molar-refractivity contribution in [3.05, 3.63) is 78.6 Å². The number of pyridine rings is 1. The van der Waals surface area contributed by atoms with Crippen molar-refractivity contribution in [3.63, 3.8) is 0 Å². The van der Waals surface area contributed by atoms with Gasteiger partial charge in [-0.3, -0.25) is 4.79 Å². The average Bonchev–Trinajstić information content (AvgIpc) is 3.48. The van der Waals surface area contributed by atoms with Crippen molar-refractivity contribution in [3.8, 4) is 11.1 Å². The summed E-state index contributed by atoms with van der Waals surface area (Å²) >= 11 is 0. The van der Waals surface area contributed by atoms with Crippen molar-refractivity contribution in [1.82, 2.24) is 24.8 Å². The van der Waals surface area contributed by atoms with Gasteiger partial charge in [-0.25, -0.2) is 14.4 Å². The molecule has 170 valence electrons. The van der Waals surface area contributed by atoms with Crippen LogP contribution in [0.3, 0.4) is 0 Å². The van der Waals surface area contributed by atoms with E-state index < -0.39 is 5.82 Å². The molecule has 8 heteroatoms. The number of hydrogen-bond acceptors (Lipinski definition) is 4. The minimum atomic E-state index is -0.405. The van der Waals surface area contributed by atoms with Crippen LogP contribution in [0.1, 0.15) is 29.2 Å². The molecule has 1 aliphatic rings. The molecule has 3 aromatic heterocycles. The van der Waals surface area contributed by atoms with Crippen LogP contribution in [0.5, 0.6) is 0 Å². The number of nitrogens with zero attached hydrogens (tertiary/aromatic N) is 3. The first-order valence-electron chi connectivity index (χ1n) is 11.4. The van der Waals surface area contributed by atoms with Crippen molar-refractivity contribution < 1.29 is 9.18 Å². The highest BCUT2D eigenvalue weighted by Gasteiger charge is 2.18. The molecule has 0 spiro atoms. The van der Waals surface area contributed by atoms with Gasteiger partial charge in [0.2, 0.25) is 0 Å². The Kier molecular flexibility index (Phi) is 5.07. The fourth-order valence-corrected chi connectivity index (χ4v) is 4.69. The number of piperidine rings is 1. The largest absolute Gasteiger partial charge is 0.346 e. The number of aromatic nitrogens is 4. The smallest absolute Gasteiger partial charge is 0.257 e. The third-order valence-electron chi connectivity index (χ3n) is 6.43. The molecule has 2 aromatic carbocycles. The van der Waals surface area contributed by atoms with Gasteiger partial charge in [0.05, 0.1) is 22.9 Å². The molecular formula is C26H23FN6O. The second-order valence-electron chi connectivity index (χ2n) is 8.64. The number of hydrogen-bond donors (Lipinski definition) is 3. The number of anilines is 1. The maximum atomic E-state index is 13.5. The molecule has 0 saturated carbocycles. The van der Waals surface area contributed by atoms with E-state index in [0.29, 0.717) is 22.9 Å². The van der Waals surface area contributed by atoms with Gasteiger partial charge in [0.15, 0.2) is 0 Å². The predicted octanol–water partition coefficient (Wildman–Crippen LogP) is 4.90. The molecule has 0 aliphatic carbocycles. The van der Waals surface area contributed by atoms with Crippen molar-refractivity contribution in [2.75, 3.05) is 18.4 Å². The number of carbonyl (C=O) groups excluding carboxylic acids is 1. The number of amides is 1. The first-order valence-corrected chi connectivity index (χ1v) is 11.4. The van der Waals surface area contributed by atoms with Crippen LogP contribution in [0.2, 0.25) is 0 Å². The van der Waals surface area contributed by atoms with Crippen LogP contribution in [-0.4, -0.2) is 38.5 Å². The Morgan fingerprint density at radius 2 is 2.09 bits per heavy atom. The molecule has 4 heterocycles. The summed E-state index contributed by atoms with van der Waals surface area (Å²) in [4.78, 5) is 25.0. The lowest BCUT2D eigenvalue weighted by Gasteiger charge is -2.24. The van der Waals surface area contributed by atoms with Crippen LogP contribution in [0.4, 0.5) is 10.1 Å². The third-order valence-corrected chi connectivity index (χ3v) is 6.43. The van der Waals surface area contributed by atoms with Gasteiger partial charge < -0.3 is 20.2 Å². The number of carbonyl (C=O) groups is 1. The first-order chi connectivity index (χ1) is 16.7. The van der Waals surface area contributed by atoms with E-state index in [-0.39, 0.29) is 5.91 Å². The highest BCUT2D eigenvalue weighted by molar-refractivity contribution is 6.07. The van der Waals surface area contributed by atoms with Gasteiger partial charge in [-0.1, -0.05) is 12.1 Å². The zero-order chi connectivity index (χ0) is 23.1. The van der Waals surface area contributed by atoms with E-state index in [9.17, 15) is 9.18 Å². The quantitative estimate of drug-likeness (QED) is 0.361. The maximum absolute atomic E-state index is 13.5. The number of benzene rings is 2. The number of imidazole rings is 1. The molecule has 7 nitrogen and oxygen atoms in total. The van der Waals surface area contributed by atoms with Gasteiger partial charge >= 0.3 is 0 Å². The molecule has 6 rings (SSSR count). The summed E-state index contributed by atoms with van der Waals surface area (Å²) < 4.78 is 15.7. The lowest BCUT2D eigenvalue weighted by molar-refractivity contribution is 0.102. The van der Waals surface area contributed by atoms with Crippen LogP contribution in [0.25, 0.3) is 33.2 Å². The molecule has 1 amide bonds. The lowest BCUT2D eigenvalue weighted by atomic mass is 10.0. The summed E-state index contributed by atoms with van der Waals surface area (Å²) in [5.74, 6) is -0.747. The summed E-state index contributed by atoms with van der Waals surface area (Å²) in [6.45, 7) is 2.00. The normalized spacial score (nSPS) is 16.2. The zero-order valence-corrected chi connectivity index (χ0v) is 18.4. The number of aromatic amines is 1. The lowest BCUT2D eigenvalue weighted by Crippen LogP contribution is -2.31. The predicted molar refractivity (Wildman–Crippen MR) is 130 cm³/mol. The second-order valence-corrected chi connectivity index (χ2v) is 8.64. The van der Waals surface area contributed by atoms with Gasteiger partial charge in [0, 0.05) is 41.6 Å². The Bertz CT molecular complexity index is 1510. The molecule has 0 radical (unpaired) electrons. The van der Waals surface area contributed by atoms with E-state index >= 15 is 0 Å². The van der Waals surface area contributed by atoms with E-state index in [2.05, 4.69) is 36.2 Å². The van der Waals surface area contributed by atoms with Gasteiger partial charge in [-0.2, -0.15) is 0 Å². The zero-order valence-electron chi connectivity index (χ0n) is 18.4. The summed E-state index contributed by atoms with van der Waals surface area (Å²) in [6.07, 6.45) is 7.64. The van der Waals surface area contributed by atoms with E-state index in [1.807, 2.05) is 30.7 Å². The van der Waals surface area contributed by atoms with Crippen LogP contribution in [0, 0.1) is 5.82 Å². The van der Waals surface area contributed by atoms with E-state index in [1.165, 1.54) is 18.3 Å². The van der Waals surface area contributed by atoms with Gasteiger partial charge in [0.1, 0.15) is 11.5 Å². The number of nitrogens with one attached hydrogen (secondary N) is 3. The van der Waals surface area contributed by atoms with Crippen LogP contribution >= 0.6 is 0 Å². The standard InChI is InChI=1S/C26H23FN6O/c27-18-3-1-4-19(11-18)32-26(34)17-9-21-22(14-30-25(21)29-12-17)16-6-7-23-24(10-16)33(15-31-23)20-5-2-8-28-13-20/h1,3-4,6-7,9-12,14-15,20,28H,2,5,8,13H2,(H,29,30)(H,32,34). The number of rotatable bonds is 4. The summed E-state index contributed by atoms with van der Waals surface area (Å²) in [6, 6.07) is 14.3. The molecule has 34 heavy (non-hydrogen) atoms. The Morgan fingerprint density at radius 3 is 2.94 bits per heavy atom. The first kappa shape index (κ1) is 20.6. The van der Waals surface area contributed by atoms with Gasteiger partial charge in [-0.15, -0.1) is 0 Å². The molecule has 0 bridgehead atoms. The SMILES string of the molecule is O=C(Nc1cccc(F)c1)c1cnc2[nH]cc(-c3ccc4ncn(C5CCCNC5)c4c3)c2c1. The van der Waals surface area contributed by atoms with Crippen LogP contribution in [0.15, 0.2) is 67.3 Å². The van der Waals surface area contributed by atoms with E-state index in [4.69, 9.17) is 0 Å². The Hall–Kier alpha value is -4.04. The molecule has 1 unspecified atom stereocenters. The highest BCUT2D eigenvalue weighted by atomic mass is 19.1. The van der Waals surface area contributed by atoms with Gasteiger partial charge in [-0.05, 0) is 61.3 Å².